The van der Waals surface area contributed by atoms with E-state index in [1.54, 1.807) is 13.2 Å². The van der Waals surface area contributed by atoms with Crippen LogP contribution in [0.3, 0.4) is 0 Å². The number of aryl methyl sites for hydroxylation is 3. The molecule has 4 aromatic rings. The van der Waals surface area contributed by atoms with Gasteiger partial charge in [-0.05, 0) is 50.1 Å². The maximum Gasteiger partial charge on any atom is 0.335 e. The fourth-order valence-electron chi connectivity index (χ4n) is 3.58. The van der Waals surface area contributed by atoms with E-state index >= 15 is 0 Å². The van der Waals surface area contributed by atoms with E-state index in [1.807, 2.05) is 45.0 Å². The summed E-state index contributed by atoms with van der Waals surface area (Å²) in [5.74, 6) is 0.229. The van der Waals surface area contributed by atoms with Crippen molar-refractivity contribution in [1.29, 1.82) is 0 Å². The Labute approximate surface area is 181 Å². The molecule has 0 radical (unpaired) electrons. The van der Waals surface area contributed by atoms with E-state index in [0.717, 1.165) is 31.5 Å². The van der Waals surface area contributed by atoms with Crippen LogP contribution in [-0.2, 0) is 0 Å². The third-order valence-corrected chi connectivity index (χ3v) is 5.79. The van der Waals surface area contributed by atoms with E-state index in [-0.39, 0.29) is 5.56 Å². The lowest BCUT2D eigenvalue weighted by atomic mass is 10.0. The monoisotopic (exact) mass is 436 g/mol. The summed E-state index contributed by atoms with van der Waals surface area (Å²) in [7, 11) is 1.59. The van der Waals surface area contributed by atoms with Crippen LogP contribution >= 0.6 is 11.3 Å². The quantitative estimate of drug-likeness (QED) is 0.476. The van der Waals surface area contributed by atoms with Gasteiger partial charge in [-0.2, -0.15) is 0 Å². The summed E-state index contributed by atoms with van der Waals surface area (Å²) >= 11 is 1.32. The Morgan fingerprint density at radius 1 is 1.16 bits per heavy atom. The summed E-state index contributed by atoms with van der Waals surface area (Å²) in [6.07, 6.45) is 1.22. The van der Waals surface area contributed by atoms with E-state index in [0.29, 0.717) is 16.6 Å². The average molecular weight is 436 g/mol. The second-order valence-electron chi connectivity index (χ2n) is 7.17. The molecule has 4 rings (SSSR count). The number of ether oxygens (including phenoxy) is 1. The molecule has 2 N–H and O–H groups in total. The van der Waals surface area contributed by atoms with Crippen molar-refractivity contribution in [2.24, 2.45) is 4.99 Å². The number of H-pyrrole nitrogens is 1. The smallest absolute Gasteiger partial charge is 0.335 e. The van der Waals surface area contributed by atoms with Crippen molar-refractivity contribution >= 4 is 32.9 Å². The number of aromatic nitrogens is 3. The SMILES string of the molecule is COc1ccc2nc(N=Cc3c(O)n(-c4c(C)cc(C)cc4C)c(=O)[nH]c3=O)sc2c1. The molecule has 0 saturated heterocycles. The van der Waals surface area contributed by atoms with Crippen molar-refractivity contribution in [2.75, 3.05) is 7.11 Å². The number of aromatic amines is 1. The van der Waals surface area contributed by atoms with Gasteiger partial charge in [0.05, 0.1) is 23.0 Å². The number of thiazole rings is 1. The Bertz CT molecular complexity index is 1440. The van der Waals surface area contributed by atoms with Crippen molar-refractivity contribution < 1.29 is 9.84 Å². The fourth-order valence-corrected chi connectivity index (χ4v) is 4.42. The number of nitrogens with one attached hydrogen (secondary N) is 1. The molecule has 2 aromatic heterocycles. The van der Waals surface area contributed by atoms with Gasteiger partial charge in [0, 0.05) is 6.21 Å². The number of hydrogen-bond donors (Lipinski definition) is 2. The molecule has 0 aliphatic heterocycles. The topological polar surface area (TPSA) is 110 Å². The van der Waals surface area contributed by atoms with Crippen LogP contribution in [0, 0.1) is 20.8 Å². The molecule has 0 unspecified atom stereocenters. The first kappa shape index (κ1) is 20.5. The first-order chi connectivity index (χ1) is 14.8. The Morgan fingerprint density at radius 2 is 1.87 bits per heavy atom. The standard InChI is InChI=1S/C22H20N4O4S/c1-11-7-12(2)18(13(3)8-11)26-20(28)15(19(27)25-22(26)29)10-23-21-24-16-6-5-14(30-4)9-17(16)31-21/h5-10,28H,1-4H3,(H,25,27,29). The number of aliphatic imine (C=N–C) groups is 1. The van der Waals surface area contributed by atoms with Crippen LogP contribution in [0.5, 0.6) is 11.6 Å². The lowest BCUT2D eigenvalue weighted by molar-refractivity contribution is 0.415. The molecule has 158 valence electrons. The van der Waals surface area contributed by atoms with E-state index < -0.39 is 17.1 Å². The highest BCUT2D eigenvalue weighted by molar-refractivity contribution is 7.22. The summed E-state index contributed by atoms with van der Waals surface area (Å²) in [5.41, 5.74) is 2.31. The van der Waals surface area contributed by atoms with Crippen LogP contribution in [0.25, 0.3) is 15.9 Å². The van der Waals surface area contributed by atoms with Gasteiger partial charge in [0.25, 0.3) is 5.56 Å². The molecule has 0 aliphatic rings. The molecule has 0 fully saturated rings. The van der Waals surface area contributed by atoms with E-state index in [9.17, 15) is 14.7 Å². The van der Waals surface area contributed by atoms with Crippen LogP contribution in [-0.4, -0.2) is 33.0 Å². The Morgan fingerprint density at radius 3 is 2.55 bits per heavy atom. The summed E-state index contributed by atoms with van der Waals surface area (Å²) in [6.45, 7) is 5.63. The summed E-state index contributed by atoms with van der Waals surface area (Å²) < 4.78 is 7.18. The molecule has 9 heteroatoms. The lowest BCUT2D eigenvalue weighted by Crippen LogP contribution is -2.32. The molecule has 0 aliphatic carbocycles. The Balaban J connectivity index is 1.83. The Hall–Kier alpha value is -3.72. The molecular formula is C22H20N4O4S. The number of methoxy groups -OCH3 is 1. The highest BCUT2D eigenvalue weighted by Gasteiger charge is 2.17. The predicted molar refractivity (Wildman–Crippen MR) is 122 cm³/mol. The first-order valence-corrected chi connectivity index (χ1v) is 10.3. The molecule has 2 aromatic carbocycles. The van der Waals surface area contributed by atoms with Crippen LogP contribution in [0.4, 0.5) is 5.13 Å². The molecule has 8 nitrogen and oxygen atoms in total. The van der Waals surface area contributed by atoms with Gasteiger partial charge in [0.2, 0.25) is 11.0 Å². The minimum Gasteiger partial charge on any atom is -0.497 e. The normalized spacial score (nSPS) is 11.5. The number of benzene rings is 2. The van der Waals surface area contributed by atoms with E-state index in [4.69, 9.17) is 4.74 Å². The van der Waals surface area contributed by atoms with Crippen LogP contribution in [0.1, 0.15) is 22.3 Å². The van der Waals surface area contributed by atoms with E-state index in [2.05, 4.69) is 15.0 Å². The highest BCUT2D eigenvalue weighted by Crippen LogP contribution is 2.31. The summed E-state index contributed by atoms with van der Waals surface area (Å²) in [5, 5.41) is 11.2. The maximum atomic E-state index is 12.5. The van der Waals surface area contributed by atoms with Gasteiger partial charge in [-0.15, -0.1) is 0 Å². The second-order valence-corrected chi connectivity index (χ2v) is 8.18. The molecule has 0 bridgehead atoms. The third kappa shape index (κ3) is 3.75. The molecule has 0 spiro atoms. The molecule has 2 heterocycles. The maximum absolute atomic E-state index is 12.5. The van der Waals surface area contributed by atoms with Gasteiger partial charge in [-0.1, -0.05) is 29.0 Å². The van der Waals surface area contributed by atoms with Gasteiger partial charge in [0.1, 0.15) is 11.3 Å². The number of rotatable bonds is 4. The molecule has 31 heavy (non-hydrogen) atoms. The molecular weight excluding hydrogens is 416 g/mol. The minimum atomic E-state index is -0.729. The van der Waals surface area contributed by atoms with Gasteiger partial charge in [-0.25, -0.2) is 19.3 Å². The van der Waals surface area contributed by atoms with Crippen molar-refractivity contribution in [3.63, 3.8) is 0 Å². The first-order valence-electron chi connectivity index (χ1n) is 9.43. The van der Waals surface area contributed by atoms with Crippen LogP contribution in [0.15, 0.2) is 44.9 Å². The number of nitrogens with zero attached hydrogens (tertiary/aromatic N) is 3. The van der Waals surface area contributed by atoms with Crippen molar-refractivity contribution in [2.45, 2.75) is 20.8 Å². The van der Waals surface area contributed by atoms with E-state index in [1.165, 1.54) is 17.6 Å². The highest BCUT2D eigenvalue weighted by atomic mass is 32.1. The molecule has 0 atom stereocenters. The minimum absolute atomic E-state index is 0.129. The second kappa shape index (κ2) is 7.84. The predicted octanol–water partition coefficient (Wildman–Crippen LogP) is 3.53. The Kier molecular flexibility index (Phi) is 5.20. The van der Waals surface area contributed by atoms with Gasteiger partial charge < -0.3 is 9.84 Å². The molecule has 0 amide bonds. The number of fused-ring (bicyclic) bond motifs is 1. The molecule has 0 saturated carbocycles. The van der Waals surface area contributed by atoms with Crippen LogP contribution in [0.2, 0.25) is 0 Å². The summed E-state index contributed by atoms with van der Waals surface area (Å²) in [4.78, 5) is 35.8. The zero-order valence-corrected chi connectivity index (χ0v) is 18.2. The van der Waals surface area contributed by atoms with Crippen molar-refractivity contribution in [1.82, 2.24) is 14.5 Å². The van der Waals surface area contributed by atoms with Gasteiger partial charge in [0.15, 0.2) is 0 Å². The number of aromatic hydroxyl groups is 1. The third-order valence-electron chi connectivity index (χ3n) is 4.87. The van der Waals surface area contributed by atoms with Gasteiger partial charge in [-0.3, -0.25) is 9.78 Å². The van der Waals surface area contributed by atoms with Crippen molar-refractivity contribution in [3.05, 3.63) is 73.4 Å². The summed E-state index contributed by atoms with van der Waals surface area (Å²) in [6, 6.07) is 9.27. The zero-order valence-electron chi connectivity index (χ0n) is 17.4. The zero-order chi connectivity index (χ0) is 22.3. The largest absolute Gasteiger partial charge is 0.497 e. The fraction of sp³-hybridized carbons (Fsp3) is 0.182. The van der Waals surface area contributed by atoms with Crippen LogP contribution < -0.4 is 16.0 Å². The lowest BCUT2D eigenvalue weighted by Gasteiger charge is -2.15. The van der Waals surface area contributed by atoms with Crippen molar-refractivity contribution in [3.8, 4) is 17.3 Å². The number of hydrogen-bond acceptors (Lipinski definition) is 7. The average Bonchev–Trinajstić information content (AvgIpc) is 3.11. The van der Waals surface area contributed by atoms with Gasteiger partial charge >= 0.3 is 5.69 Å².